The number of imidazole rings is 1. The topological polar surface area (TPSA) is 38.1 Å². The summed E-state index contributed by atoms with van der Waals surface area (Å²) >= 11 is 0. The van der Waals surface area contributed by atoms with Crippen molar-refractivity contribution in [1.29, 1.82) is 0 Å². The van der Waals surface area contributed by atoms with Gasteiger partial charge in [0.15, 0.2) is 0 Å². The molecule has 1 aromatic heterocycles. The van der Waals surface area contributed by atoms with Gasteiger partial charge in [-0.15, -0.1) is 0 Å². The number of carbonyl (C=O) groups excluding carboxylic acids is 1. The van der Waals surface area contributed by atoms with Gasteiger partial charge in [0.05, 0.1) is 6.54 Å². The molecule has 19 heavy (non-hydrogen) atoms. The van der Waals surface area contributed by atoms with Gasteiger partial charge in [-0.2, -0.15) is 8.78 Å². The largest absolute Gasteiger partial charge is 0.319 e. The monoisotopic (exact) mass is 271 g/mol. The van der Waals surface area contributed by atoms with Crippen molar-refractivity contribution >= 4 is 5.78 Å². The first-order chi connectivity index (χ1) is 9.08. The highest BCUT2D eigenvalue weighted by Gasteiger charge is 2.25. The molecule has 0 bridgehead atoms. The third-order valence-electron chi connectivity index (χ3n) is 3.58. The van der Waals surface area contributed by atoms with Gasteiger partial charge in [0.1, 0.15) is 11.6 Å². The lowest BCUT2D eigenvalue weighted by molar-refractivity contribution is -0.118. The van der Waals surface area contributed by atoms with Gasteiger partial charge in [-0.25, -0.2) is 4.98 Å². The third-order valence-corrected chi connectivity index (χ3v) is 3.58. The van der Waals surface area contributed by atoms with Gasteiger partial charge >= 0.3 is 6.55 Å². The molecular weight excluding hydrogens is 252 g/mol. The zero-order chi connectivity index (χ0) is 13.8. The quantitative estimate of drug-likeness (QED) is 0.826. The molecule has 1 unspecified atom stereocenters. The maximum Gasteiger partial charge on any atom is 0.319 e. The maximum atomic E-state index is 12.8. The molecule has 2 rings (SSSR count). The Balaban J connectivity index is 2.06. The molecule has 1 aliphatic heterocycles. The summed E-state index contributed by atoms with van der Waals surface area (Å²) in [5, 5.41) is 0. The number of likely N-dealkylation sites (tertiary alicyclic amines) is 1. The number of alkyl halides is 2. The maximum absolute atomic E-state index is 12.8. The van der Waals surface area contributed by atoms with Crippen molar-refractivity contribution in [1.82, 2.24) is 14.5 Å². The van der Waals surface area contributed by atoms with Gasteiger partial charge in [-0.05, 0) is 26.3 Å². The summed E-state index contributed by atoms with van der Waals surface area (Å²) < 4.78 is 26.4. The lowest BCUT2D eigenvalue weighted by atomic mass is 9.98. The molecule has 0 spiro atoms. The van der Waals surface area contributed by atoms with Gasteiger partial charge in [0, 0.05) is 24.9 Å². The summed E-state index contributed by atoms with van der Waals surface area (Å²) in [5.41, 5.74) is 0. The molecule has 1 saturated heterocycles. The molecule has 0 saturated carbocycles. The van der Waals surface area contributed by atoms with E-state index in [0.717, 1.165) is 30.4 Å². The van der Waals surface area contributed by atoms with Crippen LogP contribution >= 0.6 is 0 Å². The highest BCUT2D eigenvalue weighted by atomic mass is 19.3. The predicted molar refractivity (Wildman–Crippen MR) is 66.8 cm³/mol. The van der Waals surface area contributed by atoms with Crippen LogP contribution in [0.3, 0.4) is 0 Å². The Hall–Kier alpha value is -1.30. The second-order valence-corrected chi connectivity index (χ2v) is 5.05. The number of Topliss-reactive ketones (excluding diaryl/α,β-unsaturated/α-hetero) is 1. The normalized spacial score (nSPS) is 20.9. The molecule has 106 valence electrons. The lowest BCUT2D eigenvalue weighted by Gasteiger charge is -2.35. The number of halogens is 2. The van der Waals surface area contributed by atoms with Gasteiger partial charge in [-0.1, -0.05) is 6.42 Å². The summed E-state index contributed by atoms with van der Waals surface area (Å²) in [4.78, 5) is 17.4. The molecule has 0 N–H and O–H groups in total. The minimum atomic E-state index is -2.56. The summed E-state index contributed by atoms with van der Waals surface area (Å²) in [6.07, 6.45) is 6.28. The summed E-state index contributed by atoms with van der Waals surface area (Å²) in [7, 11) is 0. The molecule has 1 atom stereocenters. The van der Waals surface area contributed by atoms with Crippen molar-refractivity contribution in [3.8, 4) is 0 Å². The average Bonchev–Trinajstić information content (AvgIpc) is 2.79. The highest BCUT2D eigenvalue weighted by Crippen LogP contribution is 2.23. The van der Waals surface area contributed by atoms with Gasteiger partial charge in [0.2, 0.25) is 0 Å². The summed E-state index contributed by atoms with van der Waals surface area (Å²) in [6, 6.07) is 0.161. The zero-order valence-corrected chi connectivity index (χ0v) is 11.1. The van der Waals surface area contributed by atoms with Crippen molar-refractivity contribution < 1.29 is 13.6 Å². The Kier molecular flexibility index (Phi) is 4.63. The minimum absolute atomic E-state index is 0.147. The van der Waals surface area contributed by atoms with Crippen molar-refractivity contribution in [2.45, 2.75) is 51.7 Å². The van der Waals surface area contributed by atoms with Crippen LogP contribution in [0.5, 0.6) is 0 Å². The van der Waals surface area contributed by atoms with Crippen LogP contribution < -0.4 is 0 Å². The molecule has 0 amide bonds. The number of ketones is 1. The van der Waals surface area contributed by atoms with Gasteiger partial charge in [-0.3, -0.25) is 14.3 Å². The van der Waals surface area contributed by atoms with Gasteiger partial charge < -0.3 is 0 Å². The number of nitrogens with zero attached hydrogens (tertiary/aromatic N) is 3. The first-order valence-electron chi connectivity index (χ1n) is 6.61. The molecule has 0 radical (unpaired) electrons. The van der Waals surface area contributed by atoms with E-state index in [-0.39, 0.29) is 11.8 Å². The van der Waals surface area contributed by atoms with Crippen LogP contribution in [0.2, 0.25) is 0 Å². The Morgan fingerprint density at radius 3 is 3.00 bits per heavy atom. The van der Waals surface area contributed by atoms with E-state index in [4.69, 9.17) is 0 Å². The molecule has 4 nitrogen and oxygen atoms in total. The van der Waals surface area contributed by atoms with Gasteiger partial charge in [0.25, 0.3) is 0 Å². The molecule has 6 heteroatoms. The molecule has 0 aromatic carbocycles. The van der Waals surface area contributed by atoms with E-state index in [9.17, 15) is 13.6 Å². The van der Waals surface area contributed by atoms with E-state index in [1.54, 1.807) is 6.92 Å². The van der Waals surface area contributed by atoms with Crippen LogP contribution in [-0.2, 0) is 11.3 Å². The van der Waals surface area contributed by atoms with Crippen LogP contribution in [-0.4, -0.2) is 32.8 Å². The number of hydrogen-bond acceptors (Lipinski definition) is 3. The second kappa shape index (κ2) is 6.23. The standard InChI is InChI=1S/C13H19F2N3O/c1-10(19)8-11-4-2-3-6-17(11)9-12-16-5-7-18(12)13(14)15/h5,7,11,13H,2-4,6,8-9H2,1H3. The first-order valence-corrected chi connectivity index (χ1v) is 6.61. The van der Waals surface area contributed by atoms with Crippen LogP contribution in [0, 0.1) is 0 Å². The molecule has 1 aromatic rings. The molecule has 2 heterocycles. The SMILES string of the molecule is CC(=O)CC1CCCCN1Cc1nccn1C(F)F. The van der Waals surface area contributed by atoms with Crippen LogP contribution in [0.1, 0.15) is 45.0 Å². The van der Waals surface area contributed by atoms with Crippen molar-refractivity contribution in [2.24, 2.45) is 0 Å². The number of hydrogen-bond donors (Lipinski definition) is 0. The van der Waals surface area contributed by atoms with E-state index in [1.807, 2.05) is 0 Å². The third kappa shape index (κ3) is 3.59. The number of piperidine rings is 1. The summed E-state index contributed by atoms with van der Waals surface area (Å²) in [6.45, 7) is 0.240. The molecule has 1 aliphatic rings. The van der Waals surface area contributed by atoms with Crippen LogP contribution in [0.4, 0.5) is 8.78 Å². The number of rotatable bonds is 5. The molecular formula is C13H19F2N3O. The van der Waals surface area contributed by atoms with Crippen molar-refractivity contribution in [3.05, 3.63) is 18.2 Å². The molecule has 1 fully saturated rings. The Morgan fingerprint density at radius 2 is 2.32 bits per heavy atom. The average molecular weight is 271 g/mol. The Bertz CT molecular complexity index is 433. The highest BCUT2D eigenvalue weighted by molar-refractivity contribution is 5.76. The smallest absolute Gasteiger partial charge is 0.300 e. The van der Waals surface area contributed by atoms with Crippen molar-refractivity contribution in [2.75, 3.05) is 6.54 Å². The van der Waals surface area contributed by atoms with E-state index in [1.165, 1.54) is 12.4 Å². The lowest BCUT2D eigenvalue weighted by Crippen LogP contribution is -2.40. The van der Waals surface area contributed by atoms with E-state index < -0.39 is 6.55 Å². The fourth-order valence-electron chi connectivity index (χ4n) is 2.66. The minimum Gasteiger partial charge on any atom is -0.300 e. The Morgan fingerprint density at radius 1 is 1.53 bits per heavy atom. The summed E-state index contributed by atoms with van der Waals surface area (Å²) in [5.74, 6) is 0.513. The fourth-order valence-corrected chi connectivity index (χ4v) is 2.66. The number of carbonyl (C=O) groups is 1. The van der Waals surface area contributed by atoms with E-state index in [0.29, 0.717) is 18.8 Å². The van der Waals surface area contributed by atoms with E-state index >= 15 is 0 Å². The Labute approximate surface area is 111 Å². The van der Waals surface area contributed by atoms with Crippen LogP contribution in [0.25, 0.3) is 0 Å². The molecule has 0 aliphatic carbocycles. The fraction of sp³-hybridized carbons (Fsp3) is 0.692. The second-order valence-electron chi connectivity index (χ2n) is 5.05. The van der Waals surface area contributed by atoms with E-state index in [2.05, 4.69) is 9.88 Å². The zero-order valence-electron chi connectivity index (χ0n) is 11.1. The number of aromatic nitrogens is 2. The predicted octanol–water partition coefficient (Wildman–Crippen LogP) is 2.61. The first kappa shape index (κ1) is 14.1. The van der Waals surface area contributed by atoms with Crippen LogP contribution in [0.15, 0.2) is 12.4 Å². The van der Waals surface area contributed by atoms with Crippen molar-refractivity contribution in [3.63, 3.8) is 0 Å².